The van der Waals surface area contributed by atoms with Crippen LogP contribution in [0, 0.1) is 0 Å². The molecule has 0 bridgehead atoms. The van der Waals surface area contributed by atoms with Gasteiger partial charge in [0.25, 0.3) is 0 Å². The first-order valence-corrected chi connectivity index (χ1v) is 7.52. The number of hydrogen-bond donors (Lipinski definition) is 1. The molecule has 5 nitrogen and oxygen atoms in total. The summed E-state index contributed by atoms with van der Waals surface area (Å²) in [5.74, 6) is 1.59. The normalized spacial score (nSPS) is 10.8. The molecule has 0 aliphatic rings. The minimum Gasteiger partial charge on any atom is -0.444 e. The highest BCUT2D eigenvalue weighted by molar-refractivity contribution is 9.10. The van der Waals surface area contributed by atoms with Crippen LogP contribution in [-0.4, -0.2) is 14.8 Å². The molecular weight excluding hydrogens is 332 g/mol. The Balaban J connectivity index is 1.73. The van der Waals surface area contributed by atoms with Crippen molar-refractivity contribution in [1.29, 1.82) is 0 Å². The monoisotopic (exact) mass is 346 g/mol. The van der Waals surface area contributed by atoms with Gasteiger partial charge < -0.3 is 9.73 Å². The Morgan fingerprint density at radius 1 is 1.29 bits per heavy atom. The second-order valence-electron chi connectivity index (χ2n) is 4.51. The molecule has 2 heterocycles. The van der Waals surface area contributed by atoms with Crippen LogP contribution in [0.4, 0.5) is 5.82 Å². The lowest BCUT2D eigenvalue weighted by molar-refractivity contribution is 0.572. The minimum atomic E-state index is 0.597. The van der Waals surface area contributed by atoms with Crippen molar-refractivity contribution in [3.05, 3.63) is 53.0 Å². The number of aryl methyl sites for hydroxylation is 1. The van der Waals surface area contributed by atoms with Crippen LogP contribution in [0.3, 0.4) is 0 Å². The van der Waals surface area contributed by atoms with Crippen molar-refractivity contribution in [3.63, 3.8) is 0 Å². The van der Waals surface area contributed by atoms with E-state index in [9.17, 15) is 0 Å². The SMILES string of the molecule is CCn1nccc1NCc1coc(-c2ccccc2Br)n1. The Morgan fingerprint density at radius 3 is 2.95 bits per heavy atom. The molecule has 1 aromatic carbocycles. The van der Waals surface area contributed by atoms with E-state index in [0.29, 0.717) is 12.4 Å². The van der Waals surface area contributed by atoms with E-state index in [1.807, 2.05) is 35.0 Å². The van der Waals surface area contributed by atoms with E-state index in [4.69, 9.17) is 4.42 Å². The summed E-state index contributed by atoms with van der Waals surface area (Å²) >= 11 is 3.50. The zero-order chi connectivity index (χ0) is 14.7. The molecule has 0 radical (unpaired) electrons. The van der Waals surface area contributed by atoms with Crippen LogP contribution in [0.2, 0.25) is 0 Å². The summed E-state index contributed by atoms with van der Waals surface area (Å²) in [7, 11) is 0. The highest BCUT2D eigenvalue weighted by Crippen LogP contribution is 2.27. The summed E-state index contributed by atoms with van der Waals surface area (Å²) in [5, 5.41) is 7.52. The standard InChI is InChI=1S/C15H15BrN4O/c1-2-20-14(7-8-18-20)17-9-11-10-21-15(19-11)12-5-3-4-6-13(12)16/h3-8,10,17H,2,9H2,1H3. The Bertz CT molecular complexity index is 735. The topological polar surface area (TPSA) is 55.9 Å². The van der Waals surface area contributed by atoms with Crippen molar-refractivity contribution in [2.75, 3.05) is 5.32 Å². The van der Waals surface area contributed by atoms with E-state index in [2.05, 4.69) is 38.3 Å². The first kappa shape index (κ1) is 13.9. The van der Waals surface area contributed by atoms with Crippen molar-refractivity contribution >= 4 is 21.7 Å². The van der Waals surface area contributed by atoms with Gasteiger partial charge in [-0.15, -0.1) is 0 Å². The fraction of sp³-hybridized carbons (Fsp3) is 0.200. The molecule has 0 atom stereocenters. The Kier molecular flexibility index (Phi) is 4.06. The lowest BCUT2D eigenvalue weighted by atomic mass is 10.2. The van der Waals surface area contributed by atoms with Gasteiger partial charge in [-0.2, -0.15) is 5.10 Å². The Hall–Kier alpha value is -2.08. The molecule has 3 aromatic rings. The van der Waals surface area contributed by atoms with E-state index in [1.165, 1.54) is 0 Å². The van der Waals surface area contributed by atoms with Gasteiger partial charge in [0.05, 0.1) is 24.0 Å². The number of benzene rings is 1. The largest absolute Gasteiger partial charge is 0.444 e. The number of anilines is 1. The second kappa shape index (κ2) is 6.13. The van der Waals surface area contributed by atoms with Gasteiger partial charge in [0.15, 0.2) is 0 Å². The van der Waals surface area contributed by atoms with Gasteiger partial charge in [-0.1, -0.05) is 12.1 Å². The summed E-state index contributed by atoms with van der Waals surface area (Å²) in [6.07, 6.45) is 3.45. The van der Waals surface area contributed by atoms with Gasteiger partial charge in [-0.3, -0.25) is 4.68 Å². The quantitative estimate of drug-likeness (QED) is 0.760. The van der Waals surface area contributed by atoms with Crippen molar-refractivity contribution < 1.29 is 4.42 Å². The maximum atomic E-state index is 5.55. The molecule has 0 aliphatic heterocycles. The molecule has 0 aliphatic carbocycles. The van der Waals surface area contributed by atoms with Gasteiger partial charge in [0, 0.05) is 17.1 Å². The molecule has 108 valence electrons. The lowest BCUT2D eigenvalue weighted by Crippen LogP contribution is -2.06. The van der Waals surface area contributed by atoms with Crippen LogP contribution in [0.5, 0.6) is 0 Å². The second-order valence-corrected chi connectivity index (χ2v) is 5.36. The first-order valence-electron chi connectivity index (χ1n) is 6.73. The molecule has 21 heavy (non-hydrogen) atoms. The summed E-state index contributed by atoms with van der Waals surface area (Å²) in [6, 6.07) is 9.81. The van der Waals surface area contributed by atoms with Crippen molar-refractivity contribution in [2.24, 2.45) is 0 Å². The molecule has 2 aromatic heterocycles. The average Bonchev–Trinajstić information content (AvgIpc) is 3.14. The maximum Gasteiger partial charge on any atom is 0.227 e. The average molecular weight is 347 g/mol. The number of oxazole rings is 1. The molecule has 0 saturated heterocycles. The van der Waals surface area contributed by atoms with Gasteiger partial charge in [-0.05, 0) is 35.0 Å². The Labute approximate surface area is 131 Å². The van der Waals surface area contributed by atoms with E-state index in [-0.39, 0.29) is 0 Å². The maximum absolute atomic E-state index is 5.55. The number of nitrogens with zero attached hydrogens (tertiary/aromatic N) is 3. The van der Waals surface area contributed by atoms with E-state index in [1.54, 1.807) is 12.5 Å². The number of hydrogen-bond acceptors (Lipinski definition) is 4. The molecule has 0 saturated carbocycles. The number of aromatic nitrogens is 3. The third kappa shape index (κ3) is 3.00. The summed E-state index contributed by atoms with van der Waals surface area (Å²) in [5.41, 5.74) is 1.80. The van der Waals surface area contributed by atoms with E-state index in [0.717, 1.165) is 28.1 Å². The minimum absolute atomic E-state index is 0.597. The molecule has 1 N–H and O–H groups in total. The predicted molar refractivity (Wildman–Crippen MR) is 84.9 cm³/mol. The van der Waals surface area contributed by atoms with Gasteiger partial charge in [0.2, 0.25) is 5.89 Å². The zero-order valence-corrected chi connectivity index (χ0v) is 13.2. The van der Waals surface area contributed by atoms with Crippen LogP contribution in [0.1, 0.15) is 12.6 Å². The fourth-order valence-corrected chi connectivity index (χ4v) is 2.52. The fourth-order valence-electron chi connectivity index (χ4n) is 2.06. The molecule has 0 fully saturated rings. The first-order chi connectivity index (χ1) is 10.3. The van der Waals surface area contributed by atoms with Crippen LogP contribution in [-0.2, 0) is 13.1 Å². The molecule has 0 unspecified atom stereocenters. The molecular formula is C15H15BrN4O. The number of nitrogens with one attached hydrogen (secondary N) is 1. The molecule has 6 heteroatoms. The van der Waals surface area contributed by atoms with Gasteiger partial charge >= 0.3 is 0 Å². The summed E-state index contributed by atoms with van der Waals surface area (Å²) in [4.78, 5) is 4.51. The molecule has 0 spiro atoms. The smallest absolute Gasteiger partial charge is 0.227 e. The Morgan fingerprint density at radius 2 is 2.14 bits per heavy atom. The van der Waals surface area contributed by atoms with Crippen molar-refractivity contribution in [3.8, 4) is 11.5 Å². The van der Waals surface area contributed by atoms with Gasteiger partial charge in [0.1, 0.15) is 12.1 Å². The van der Waals surface area contributed by atoms with Crippen LogP contribution >= 0.6 is 15.9 Å². The predicted octanol–water partition coefficient (Wildman–Crippen LogP) is 3.93. The zero-order valence-electron chi connectivity index (χ0n) is 11.6. The van der Waals surface area contributed by atoms with Gasteiger partial charge in [-0.25, -0.2) is 4.98 Å². The highest BCUT2D eigenvalue weighted by Gasteiger charge is 2.10. The summed E-state index contributed by atoms with van der Waals surface area (Å²) < 4.78 is 8.42. The van der Waals surface area contributed by atoms with Crippen LogP contribution in [0.25, 0.3) is 11.5 Å². The number of halogens is 1. The van der Waals surface area contributed by atoms with E-state index >= 15 is 0 Å². The molecule has 0 amide bonds. The third-order valence-corrected chi connectivity index (χ3v) is 3.81. The van der Waals surface area contributed by atoms with E-state index < -0.39 is 0 Å². The van der Waals surface area contributed by atoms with Crippen molar-refractivity contribution in [1.82, 2.24) is 14.8 Å². The number of rotatable bonds is 5. The lowest BCUT2D eigenvalue weighted by Gasteiger charge is -2.05. The highest BCUT2D eigenvalue weighted by atomic mass is 79.9. The van der Waals surface area contributed by atoms with Crippen LogP contribution in [0.15, 0.2) is 51.7 Å². The third-order valence-electron chi connectivity index (χ3n) is 3.12. The van der Waals surface area contributed by atoms with Crippen molar-refractivity contribution in [2.45, 2.75) is 20.0 Å². The van der Waals surface area contributed by atoms with Crippen LogP contribution < -0.4 is 5.32 Å². The summed E-state index contributed by atoms with van der Waals surface area (Å²) in [6.45, 7) is 3.48. The molecule has 3 rings (SSSR count).